The molecule has 0 amide bonds. The number of hydrogen-bond donors (Lipinski definition) is 1. The highest BCUT2D eigenvalue weighted by atomic mass is 15.5. The molecule has 4 heterocycles. The number of nitrogens with zero attached hydrogens (tertiary/aromatic N) is 3. The van der Waals surface area contributed by atoms with Crippen molar-refractivity contribution in [3.63, 3.8) is 0 Å². The van der Waals surface area contributed by atoms with Crippen LogP contribution in [0.1, 0.15) is 92.9 Å². The van der Waals surface area contributed by atoms with Gasteiger partial charge in [0, 0.05) is 37.1 Å². The van der Waals surface area contributed by atoms with Gasteiger partial charge in [0.05, 0.1) is 6.20 Å². The summed E-state index contributed by atoms with van der Waals surface area (Å²) in [5, 5.41) is 11.1. The zero-order chi connectivity index (χ0) is 23.7. The molecule has 4 heteroatoms. The highest BCUT2D eigenvalue weighted by Gasteiger charge is 2.22. The Morgan fingerprint density at radius 2 is 1.66 bits per heavy atom. The number of rotatable bonds is 0. The van der Waals surface area contributed by atoms with Crippen LogP contribution in [0.25, 0.3) is 6.08 Å². The first kappa shape index (κ1) is 24.1. The second-order valence-electron chi connectivity index (χ2n) is 10.7. The molecule has 0 saturated carbocycles. The average molecular weight is 469 g/mol. The fourth-order valence-electron chi connectivity index (χ4n) is 5.78. The fraction of sp³-hybridized carbons (Fsp3) is 0.548. The lowest BCUT2D eigenvalue weighted by Crippen LogP contribution is -2.38. The van der Waals surface area contributed by atoms with E-state index in [0.717, 1.165) is 44.1 Å². The molecule has 1 aromatic heterocycles. The minimum absolute atomic E-state index is 0.865. The van der Waals surface area contributed by atoms with Crippen LogP contribution < -0.4 is 5.43 Å². The lowest BCUT2D eigenvalue weighted by molar-refractivity contribution is 0.206. The van der Waals surface area contributed by atoms with Crippen LogP contribution in [-0.4, -0.2) is 28.3 Å². The van der Waals surface area contributed by atoms with Crippen molar-refractivity contribution in [1.29, 1.82) is 0 Å². The van der Waals surface area contributed by atoms with Crippen molar-refractivity contribution in [1.82, 2.24) is 15.2 Å². The van der Waals surface area contributed by atoms with E-state index in [1.54, 1.807) is 0 Å². The third-order valence-corrected chi connectivity index (χ3v) is 7.91. The molecule has 4 aliphatic rings. The summed E-state index contributed by atoms with van der Waals surface area (Å²) in [7, 11) is 0. The monoisotopic (exact) mass is 468 g/mol. The summed E-state index contributed by atoms with van der Waals surface area (Å²) in [6, 6.07) is 9.16. The molecule has 6 rings (SSSR count). The number of hydrazine groups is 1. The van der Waals surface area contributed by atoms with Gasteiger partial charge in [0.2, 0.25) is 0 Å². The number of benzene rings is 1. The number of allylic oxidation sites excluding steroid dienone is 1. The topological polar surface area (TPSA) is 41.1 Å². The highest BCUT2D eigenvalue weighted by molar-refractivity contribution is 5.74. The van der Waals surface area contributed by atoms with Crippen LogP contribution in [-0.2, 0) is 19.3 Å². The highest BCUT2D eigenvalue weighted by Crippen LogP contribution is 2.30. The predicted octanol–water partition coefficient (Wildman–Crippen LogP) is 6.77. The molecule has 1 aromatic carbocycles. The first-order valence-electron chi connectivity index (χ1n) is 14.0. The number of hydrogen-bond acceptors (Lipinski definition) is 4. The maximum atomic E-state index is 4.44. The summed E-state index contributed by atoms with van der Waals surface area (Å²) < 4.78 is 0. The van der Waals surface area contributed by atoms with Crippen LogP contribution >= 0.6 is 0 Å². The number of nitrogens with one attached hydrogen (secondary N) is 1. The number of piperidine rings is 1. The molecule has 1 N–H and O–H groups in total. The largest absolute Gasteiger partial charge is 0.301 e. The van der Waals surface area contributed by atoms with Crippen LogP contribution in [0, 0.1) is 17.8 Å². The molecule has 1 saturated heterocycles. The van der Waals surface area contributed by atoms with Crippen molar-refractivity contribution in [2.24, 2.45) is 5.92 Å². The van der Waals surface area contributed by atoms with Crippen LogP contribution in [0.4, 0.5) is 5.82 Å². The second-order valence-corrected chi connectivity index (χ2v) is 10.7. The molecular formula is C31H40N4. The first-order valence-corrected chi connectivity index (χ1v) is 14.0. The van der Waals surface area contributed by atoms with Crippen molar-refractivity contribution in [2.75, 3.05) is 18.5 Å². The van der Waals surface area contributed by atoms with Crippen molar-refractivity contribution < 1.29 is 0 Å². The van der Waals surface area contributed by atoms with Gasteiger partial charge in [-0.05, 0) is 60.8 Å². The van der Waals surface area contributed by atoms with E-state index in [4.69, 9.17) is 0 Å². The normalized spacial score (nSPS) is 23.7. The molecule has 35 heavy (non-hydrogen) atoms. The van der Waals surface area contributed by atoms with E-state index in [1.165, 1.54) is 98.5 Å². The average Bonchev–Trinajstić information content (AvgIpc) is 3.30. The van der Waals surface area contributed by atoms with E-state index in [0.29, 0.717) is 0 Å². The Hall–Kier alpha value is -2.64. The van der Waals surface area contributed by atoms with Gasteiger partial charge in [-0.15, -0.1) is 5.10 Å². The summed E-state index contributed by atoms with van der Waals surface area (Å²) in [6.07, 6.45) is 21.8. The fourth-order valence-corrected chi connectivity index (χ4v) is 5.78. The summed E-state index contributed by atoms with van der Waals surface area (Å²) in [6.45, 7) is 2.18. The van der Waals surface area contributed by atoms with Gasteiger partial charge < -0.3 is 5.43 Å². The van der Waals surface area contributed by atoms with Gasteiger partial charge in [0.15, 0.2) is 5.82 Å². The molecule has 0 atom stereocenters. The van der Waals surface area contributed by atoms with Gasteiger partial charge in [0.1, 0.15) is 0 Å². The molecule has 1 aliphatic carbocycles. The molecule has 6 bridgehead atoms. The molecule has 0 radical (unpaired) electrons. The molecule has 0 spiro atoms. The van der Waals surface area contributed by atoms with E-state index in [9.17, 15) is 0 Å². The van der Waals surface area contributed by atoms with Gasteiger partial charge in [-0.25, -0.2) is 5.01 Å². The summed E-state index contributed by atoms with van der Waals surface area (Å²) in [5.74, 6) is 8.63. The molecule has 1 fully saturated rings. The number of aryl methyl sites for hydroxylation is 2. The molecule has 3 aliphatic heterocycles. The summed E-state index contributed by atoms with van der Waals surface area (Å²) in [5.41, 5.74) is 10.1. The van der Waals surface area contributed by atoms with Crippen molar-refractivity contribution >= 4 is 11.9 Å². The smallest absolute Gasteiger partial charge is 0.170 e. The molecule has 184 valence electrons. The summed E-state index contributed by atoms with van der Waals surface area (Å²) >= 11 is 0. The van der Waals surface area contributed by atoms with Crippen LogP contribution in [0.2, 0.25) is 0 Å². The van der Waals surface area contributed by atoms with E-state index in [-0.39, 0.29) is 0 Å². The summed E-state index contributed by atoms with van der Waals surface area (Å²) in [4.78, 5) is 0. The minimum atomic E-state index is 0.865. The Morgan fingerprint density at radius 3 is 2.51 bits per heavy atom. The SMILES string of the molecule is C1#CC2=Cc3c(cnnc3NN3CCC(CCCCCCCCCc4cccc(c4)CC1)CC3)C2. The maximum absolute atomic E-state index is 4.44. The van der Waals surface area contributed by atoms with Gasteiger partial charge in [0.25, 0.3) is 0 Å². The quantitative estimate of drug-likeness (QED) is 0.433. The molecule has 2 aromatic rings. The Morgan fingerprint density at radius 1 is 0.886 bits per heavy atom. The number of fused-ring (bicyclic) bond motifs is 12. The standard InChI is InChI=1S/C31H40N4/c1-2-4-6-11-25-17-19-35(20-18-25)34-31-30-23-28(22-29(30)24-32-33-31)14-9-8-13-27-16-10-15-26(21-27)12-7-5-3-1/h10,15-16,21,23-25H,1-8,11-13,17-20,22H2,(H,33,34). The Kier molecular flexibility index (Phi) is 8.50. The lowest BCUT2D eigenvalue weighted by atomic mass is 9.91. The van der Waals surface area contributed by atoms with Crippen LogP contribution in [0.3, 0.4) is 0 Å². The number of aromatic nitrogens is 2. The third kappa shape index (κ3) is 6.95. The Labute approximate surface area is 211 Å². The molecular weight excluding hydrogens is 428 g/mol. The van der Waals surface area contributed by atoms with Crippen LogP contribution in [0.5, 0.6) is 0 Å². The maximum Gasteiger partial charge on any atom is 0.170 e. The van der Waals surface area contributed by atoms with Gasteiger partial charge in [-0.2, -0.15) is 5.10 Å². The first-order chi connectivity index (χ1) is 17.3. The lowest BCUT2D eigenvalue weighted by Gasteiger charge is -2.32. The zero-order valence-corrected chi connectivity index (χ0v) is 21.2. The predicted molar refractivity (Wildman–Crippen MR) is 145 cm³/mol. The molecule has 4 nitrogen and oxygen atoms in total. The van der Waals surface area contributed by atoms with Crippen molar-refractivity contribution in [3.05, 3.63) is 58.3 Å². The van der Waals surface area contributed by atoms with Gasteiger partial charge in [-0.3, -0.25) is 0 Å². The second kappa shape index (κ2) is 12.4. The van der Waals surface area contributed by atoms with Crippen molar-refractivity contribution in [2.45, 2.75) is 89.9 Å². The Balaban J connectivity index is 1.26. The minimum Gasteiger partial charge on any atom is -0.301 e. The van der Waals surface area contributed by atoms with Gasteiger partial charge >= 0.3 is 0 Å². The van der Waals surface area contributed by atoms with E-state index in [1.807, 2.05) is 6.20 Å². The third-order valence-electron chi connectivity index (χ3n) is 7.91. The number of anilines is 1. The van der Waals surface area contributed by atoms with E-state index < -0.39 is 0 Å². The zero-order valence-electron chi connectivity index (χ0n) is 21.2. The van der Waals surface area contributed by atoms with Crippen molar-refractivity contribution in [3.8, 4) is 11.8 Å². The molecule has 0 unspecified atom stereocenters. The van der Waals surface area contributed by atoms with Crippen LogP contribution in [0.15, 0.2) is 36.0 Å². The Bertz CT molecular complexity index is 1070. The van der Waals surface area contributed by atoms with E-state index in [2.05, 4.69) is 62.8 Å². The van der Waals surface area contributed by atoms with E-state index >= 15 is 0 Å². The van der Waals surface area contributed by atoms with Gasteiger partial charge in [-0.1, -0.05) is 81.1 Å².